The smallest absolute Gasteiger partial charge is 0.299 e. The van der Waals surface area contributed by atoms with Crippen LogP contribution in [0.2, 0.25) is 0 Å². The summed E-state index contributed by atoms with van der Waals surface area (Å²) < 4.78 is 28.3. The predicted octanol–water partition coefficient (Wildman–Crippen LogP) is 0.762. The van der Waals surface area contributed by atoms with Gasteiger partial charge in [0.05, 0.1) is 5.69 Å². The second kappa shape index (κ2) is 6.00. The zero-order valence-corrected chi connectivity index (χ0v) is 11.0. The molecule has 0 aliphatic carbocycles. The average molecular weight is 257 g/mol. The Hall–Kier alpha value is -1.11. The first-order chi connectivity index (χ1) is 8.00. The summed E-state index contributed by atoms with van der Waals surface area (Å²) in [4.78, 5) is 0. The SMILES string of the molecule is CCc1cccc(C)c1NS(=O)(=O)NCCN. The van der Waals surface area contributed by atoms with E-state index in [9.17, 15) is 8.42 Å². The molecule has 1 aromatic rings. The van der Waals surface area contributed by atoms with Gasteiger partial charge in [0.25, 0.3) is 10.2 Å². The van der Waals surface area contributed by atoms with Crippen LogP contribution in [0.15, 0.2) is 18.2 Å². The Morgan fingerprint density at radius 3 is 2.65 bits per heavy atom. The van der Waals surface area contributed by atoms with Crippen LogP contribution in [0.1, 0.15) is 18.1 Å². The van der Waals surface area contributed by atoms with Crippen LogP contribution in [0, 0.1) is 6.92 Å². The molecule has 96 valence electrons. The molecule has 0 saturated carbocycles. The van der Waals surface area contributed by atoms with E-state index in [0.717, 1.165) is 17.5 Å². The van der Waals surface area contributed by atoms with Crippen LogP contribution in [0.4, 0.5) is 5.69 Å². The first-order valence-electron chi connectivity index (χ1n) is 5.56. The van der Waals surface area contributed by atoms with Crippen molar-refractivity contribution in [2.75, 3.05) is 17.8 Å². The molecule has 6 heteroatoms. The number of hydrogen-bond donors (Lipinski definition) is 3. The molecule has 5 nitrogen and oxygen atoms in total. The number of benzene rings is 1. The second-order valence-electron chi connectivity index (χ2n) is 3.75. The van der Waals surface area contributed by atoms with E-state index in [1.54, 1.807) is 0 Å². The van der Waals surface area contributed by atoms with Crippen LogP contribution in [0.5, 0.6) is 0 Å². The fourth-order valence-electron chi connectivity index (χ4n) is 1.53. The lowest BCUT2D eigenvalue weighted by Crippen LogP contribution is -2.34. The van der Waals surface area contributed by atoms with Gasteiger partial charge in [-0.2, -0.15) is 13.1 Å². The highest BCUT2D eigenvalue weighted by atomic mass is 32.2. The van der Waals surface area contributed by atoms with Gasteiger partial charge in [-0.15, -0.1) is 0 Å². The Kier molecular flexibility index (Phi) is 4.92. The molecule has 0 radical (unpaired) electrons. The summed E-state index contributed by atoms with van der Waals surface area (Å²) in [6.07, 6.45) is 0.774. The molecule has 17 heavy (non-hydrogen) atoms. The molecule has 0 fully saturated rings. The lowest BCUT2D eigenvalue weighted by Gasteiger charge is -2.14. The van der Waals surface area contributed by atoms with E-state index in [1.807, 2.05) is 32.0 Å². The Labute approximate surface area is 103 Å². The fourth-order valence-corrected chi connectivity index (χ4v) is 2.55. The van der Waals surface area contributed by atoms with E-state index in [4.69, 9.17) is 5.73 Å². The van der Waals surface area contributed by atoms with Crippen molar-refractivity contribution in [3.8, 4) is 0 Å². The van der Waals surface area contributed by atoms with Crippen LogP contribution < -0.4 is 15.2 Å². The van der Waals surface area contributed by atoms with Crippen molar-refractivity contribution in [1.82, 2.24) is 4.72 Å². The summed E-state index contributed by atoms with van der Waals surface area (Å²) in [6, 6.07) is 5.70. The zero-order valence-electron chi connectivity index (χ0n) is 10.2. The Morgan fingerprint density at radius 1 is 1.35 bits per heavy atom. The van der Waals surface area contributed by atoms with Crippen LogP contribution >= 0.6 is 0 Å². The fraction of sp³-hybridized carbons (Fsp3) is 0.455. The number of hydrogen-bond acceptors (Lipinski definition) is 3. The highest BCUT2D eigenvalue weighted by molar-refractivity contribution is 7.90. The molecule has 0 aliphatic heterocycles. The molecule has 1 aromatic carbocycles. The van der Waals surface area contributed by atoms with Crippen LogP contribution in [0.3, 0.4) is 0 Å². The topological polar surface area (TPSA) is 84.2 Å². The monoisotopic (exact) mass is 257 g/mol. The maximum absolute atomic E-state index is 11.7. The zero-order chi connectivity index (χ0) is 12.9. The largest absolute Gasteiger partial charge is 0.329 e. The second-order valence-corrected chi connectivity index (χ2v) is 5.25. The Balaban J connectivity index is 2.94. The van der Waals surface area contributed by atoms with E-state index in [-0.39, 0.29) is 13.1 Å². The first kappa shape index (κ1) is 14.0. The molecule has 0 atom stereocenters. The lowest BCUT2D eigenvalue weighted by atomic mass is 10.1. The molecule has 0 saturated heterocycles. The van der Waals surface area contributed by atoms with E-state index < -0.39 is 10.2 Å². The average Bonchev–Trinajstić information content (AvgIpc) is 2.29. The summed E-state index contributed by atoms with van der Waals surface area (Å²) in [5.41, 5.74) is 7.79. The number of aryl methyl sites for hydroxylation is 2. The van der Waals surface area contributed by atoms with Gasteiger partial charge in [0.15, 0.2) is 0 Å². The van der Waals surface area contributed by atoms with Gasteiger partial charge in [-0.05, 0) is 24.5 Å². The summed E-state index contributed by atoms with van der Waals surface area (Å²) in [7, 11) is -3.53. The summed E-state index contributed by atoms with van der Waals surface area (Å²) in [5, 5.41) is 0. The molecule has 0 aromatic heterocycles. The number of rotatable bonds is 6. The molecule has 1 rings (SSSR count). The van der Waals surface area contributed by atoms with Gasteiger partial charge in [-0.1, -0.05) is 25.1 Å². The number of nitrogens with one attached hydrogen (secondary N) is 2. The van der Waals surface area contributed by atoms with Crippen LogP contribution in [-0.4, -0.2) is 21.5 Å². The van der Waals surface area contributed by atoms with Gasteiger partial charge in [0, 0.05) is 13.1 Å². The number of para-hydroxylation sites is 1. The van der Waals surface area contributed by atoms with E-state index in [0.29, 0.717) is 5.69 Å². The van der Waals surface area contributed by atoms with E-state index >= 15 is 0 Å². The van der Waals surface area contributed by atoms with Crippen molar-refractivity contribution in [3.63, 3.8) is 0 Å². The van der Waals surface area contributed by atoms with Crippen molar-refractivity contribution in [2.45, 2.75) is 20.3 Å². The van der Waals surface area contributed by atoms with E-state index in [2.05, 4.69) is 9.44 Å². The van der Waals surface area contributed by atoms with Gasteiger partial charge >= 0.3 is 0 Å². The third kappa shape index (κ3) is 3.99. The van der Waals surface area contributed by atoms with Crippen molar-refractivity contribution in [1.29, 1.82) is 0 Å². The predicted molar refractivity (Wildman–Crippen MR) is 70.2 cm³/mol. The van der Waals surface area contributed by atoms with Crippen molar-refractivity contribution in [2.24, 2.45) is 5.73 Å². The Bertz CT molecular complexity index is 472. The summed E-state index contributed by atoms with van der Waals surface area (Å²) in [5.74, 6) is 0. The van der Waals surface area contributed by atoms with Crippen LogP contribution in [0.25, 0.3) is 0 Å². The molecule has 4 N–H and O–H groups in total. The lowest BCUT2D eigenvalue weighted by molar-refractivity contribution is 0.587. The van der Waals surface area contributed by atoms with Gasteiger partial charge in [-0.25, -0.2) is 0 Å². The van der Waals surface area contributed by atoms with Gasteiger partial charge in [-0.3, -0.25) is 4.72 Å². The van der Waals surface area contributed by atoms with Crippen LogP contribution in [-0.2, 0) is 16.6 Å². The molecule has 0 bridgehead atoms. The standard InChI is InChI=1S/C11H19N3O2S/c1-3-10-6-4-5-9(2)11(10)14-17(15,16)13-8-7-12/h4-6,13-14H,3,7-8,12H2,1-2H3. The summed E-state index contributed by atoms with van der Waals surface area (Å²) >= 11 is 0. The maximum Gasteiger partial charge on any atom is 0.299 e. The normalized spacial score (nSPS) is 11.5. The molecule has 0 spiro atoms. The highest BCUT2D eigenvalue weighted by Crippen LogP contribution is 2.21. The van der Waals surface area contributed by atoms with Crippen molar-refractivity contribution >= 4 is 15.9 Å². The minimum Gasteiger partial charge on any atom is -0.329 e. The molecule has 0 amide bonds. The maximum atomic E-state index is 11.7. The third-order valence-corrected chi connectivity index (χ3v) is 3.47. The number of nitrogens with two attached hydrogens (primary N) is 1. The van der Waals surface area contributed by atoms with Crippen molar-refractivity contribution in [3.05, 3.63) is 29.3 Å². The molecular formula is C11H19N3O2S. The Morgan fingerprint density at radius 2 is 2.06 bits per heavy atom. The van der Waals surface area contributed by atoms with E-state index in [1.165, 1.54) is 0 Å². The minimum atomic E-state index is -3.53. The van der Waals surface area contributed by atoms with Gasteiger partial charge in [0.1, 0.15) is 0 Å². The minimum absolute atomic E-state index is 0.225. The summed E-state index contributed by atoms with van der Waals surface area (Å²) in [6.45, 7) is 4.36. The molecule has 0 heterocycles. The van der Waals surface area contributed by atoms with Crippen molar-refractivity contribution < 1.29 is 8.42 Å². The molecular weight excluding hydrogens is 238 g/mol. The quantitative estimate of drug-likeness (QED) is 0.703. The van der Waals surface area contributed by atoms with Gasteiger partial charge in [0.2, 0.25) is 0 Å². The molecule has 0 unspecified atom stereocenters. The first-order valence-corrected chi connectivity index (χ1v) is 7.04. The van der Waals surface area contributed by atoms with Gasteiger partial charge < -0.3 is 5.73 Å². The highest BCUT2D eigenvalue weighted by Gasteiger charge is 2.12. The molecule has 0 aliphatic rings. The number of anilines is 1. The third-order valence-electron chi connectivity index (χ3n) is 2.41.